The summed E-state index contributed by atoms with van der Waals surface area (Å²) < 4.78 is 6.73. The van der Waals surface area contributed by atoms with Gasteiger partial charge < -0.3 is 15.4 Å². The molecule has 0 spiro atoms. The lowest BCUT2D eigenvalue weighted by molar-refractivity contribution is -0.129. The second kappa shape index (κ2) is 8.63. The fourth-order valence-corrected chi connectivity index (χ4v) is 3.89. The van der Waals surface area contributed by atoms with E-state index >= 15 is 0 Å². The van der Waals surface area contributed by atoms with E-state index in [0.717, 1.165) is 22.6 Å². The number of rotatable bonds is 6. The van der Waals surface area contributed by atoms with Crippen LogP contribution in [-0.4, -0.2) is 46.6 Å². The van der Waals surface area contributed by atoms with Gasteiger partial charge in [-0.1, -0.05) is 29.8 Å². The Labute approximate surface area is 181 Å². The van der Waals surface area contributed by atoms with Crippen molar-refractivity contribution in [1.29, 1.82) is 0 Å². The molecule has 1 aliphatic rings. The number of amides is 1. The highest BCUT2D eigenvalue weighted by Gasteiger charge is 2.33. The molecule has 1 saturated heterocycles. The van der Waals surface area contributed by atoms with Crippen molar-refractivity contribution < 1.29 is 14.3 Å². The van der Waals surface area contributed by atoms with Crippen LogP contribution in [0.2, 0.25) is 0 Å². The monoisotopic (exact) mass is 418 g/mol. The molecule has 0 radical (unpaired) electrons. The summed E-state index contributed by atoms with van der Waals surface area (Å²) in [6.45, 7) is 2.98. The number of methoxy groups -OCH3 is 1. The average Bonchev–Trinajstić information content (AvgIpc) is 3.42. The van der Waals surface area contributed by atoms with Crippen LogP contribution in [0.3, 0.4) is 0 Å². The molecule has 4 rings (SSSR count). The Morgan fingerprint density at radius 3 is 2.52 bits per heavy atom. The molecular formula is C24H26N4O3. The molecule has 2 N–H and O–H groups in total. The maximum absolute atomic E-state index is 13.1. The Hall–Kier alpha value is -3.61. The fraction of sp³-hybridized carbons (Fsp3) is 0.292. The van der Waals surface area contributed by atoms with Crippen molar-refractivity contribution in [3.05, 3.63) is 71.4 Å². The normalized spacial score (nSPS) is 15.8. The number of hydrogen-bond acceptors (Lipinski definition) is 5. The van der Waals surface area contributed by atoms with Gasteiger partial charge >= 0.3 is 0 Å². The number of nitrogens with two attached hydrogens (primary N) is 1. The largest absolute Gasteiger partial charge is 0.497 e. The minimum absolute atomic E-state index is 0.0174. The van der Waals surface area contributed by atoms with Gasteiger partial charge in [-0.2, -0.15) is 5.10 Å². The van der Waals surface area contributed by atoms with E-state index < -0.39 is 0 Å². The van der Waals surface area contributed by atoms with Gasteiger partial charge in [-0.25, -0.2) is 4.68 Å². The molecule has 160 valence electrons. The number of carbonyl (C=O) groups excluding carboxylic acids is 2. The van der Waals surface area contributed by atoms with E-state index in [0.29, 0.717) is 37.3 Å². The van der Waals surface area contributed by atoms with Crippen LogP contribution in [0.1, 0.15) is 27.9 Å². The van der Waals surface area contributed by atoms with Gasteiger partial charge in [-0.05, 0) is 43.2 Å². The smallest absolute Gasteiger partial charge is 0.227 e. The Bertz CT molecular complexity index is 1090. The molecule has 1 atom stereocenters. The van der Waals surface area contributed by atoms with Crippen LogP contribution in [-0.2, 0) is 11.2 Å². The molecule has 1 aromatic heterocycles. The number of aromatic nitrogens is 2. The van der Waals surface area contributed by atoms with E-state index in [1.807, 2.05) is 55.5 Å². The van der Waals surface area contributed by atoms with E-state index in [1.165, 1.54) is 6.20 Å². The molecule has 3 aromatic rings. The first kappa shape index (κ1) is 20.7. The highest BCUT2D eigenvalue weighted by atomic mass is 16.5. The molecule has 7 nitrogen and oxygen atoms in total. The number of benzene rings is 2. The molecule has 2 aromatic carbocycles. The first-order chi connectivity index (χ1) is 15.0. The zero-order valence-electron chi connectivity index (χ0n) is 17.7. The third-order valence-corrected chi connectivity index (χ3v) is 5.78. The first-order valence-corrected chi connectivity index (χ1v) is 10.3. The van der Waals surface area contributed by atoms with E-state index in [4.69, 9.17) is 10.5 Å². The lowest BCUT2D eigenvalue weighted by atomic mass is 9.98. The van der Waals surface area contributed by atoms with Crippen LogP contribution in [0.5, 0.6) is 5.75 Å². The van der Waals surface area contributed by atoms with Crippen LogP contribution in [0.4, 0.5) is 5.82 Å². The molecule has 0 bridgehead atoms. The number of anilines is 1. The molecule has 0 aliphatic carbocycles. The van der Waals surface area contributed by atoms with Gasteiger partial charge in [0, 0.05) is 19.0 Å². The number of ether oxygens (including phenoxy) is 1. The fourth-order valence-electron chi connectivity index (χ4n) is 3.89. The van der Waals surface area contributed by atoms with Crippen molar-refractivity contribution in [1.82, 2.24) is 14.7 Å². The third-order valence-electron chi connectivity index (χ3n) is 5.78. The SMILES string of the molecule is COc1ccc(CC(=O)N2CC[C@@H](C(=O)c3cnn(-c4ccc(C)cc4)c3N)C2)cc1. The molecule has 1 amide bonds. The second-order valence-corrected chi connectivity index (χ2v) is 7.91. The summed E-state index contributed by atoms with van der Waals surface area (Å²) >= 11 is 0. The van der Waals surface area contributed by atoms with E-state index in [2.05, 4.69) is 5.10 Å². The highest BCUT2D eigenvalue weighted by Crippen LogP contribution is 2.26. The summed E-state index contributed by atoms with van der Waals surface area (Å²) in [7, 11) is 1.61. The van der Waals surface area contributed by atoms with Crippen LogP contribution in [0.15, 0.2) is 54.7 Å². The number of nitrogen functional groups attached to an aromatic ring is 1. The summed E-state index contributed by atoms with van der Waals surface area (Å²) in [4.78, 5) is 27.5. The van der Waals surface area contributed by atoms with Crippen molar-refractivity contribution in [2.75, 3.05) is 25.9 Å². The van der Waals surface area contributed by atoms with Gasteiger partial charge in [0.25, 0.3) is 0 Å². The zero-order valence-corrected chi connectivity index (χ0v) is 17.7. The Morgan fingerprint density at radius 2 is 1.84 bits per heavy atom. The van der Waals surface area contributed by atoms with Crippen molar-refractivity contribution in [2.45, 2.75) is 19.8 Å². The number of ketones is 1. The van der Waals surface area contributed by atoms with Gasteiger partial charge in [-0.15, -0.1) is 0 Å². The average molecular weight is 418 g/mol. The first-order valence-electron chi connectivity index (χ1n) is 10.3. The molecule has 0 saturated carbocycles. The second-order valence-electron chi connectivity index (χ2n) is 7.91. The van der Waals surface area contributed by atoms with Gasteiger partial charge in [0.15, 0.2) is 5.78 Å². The van der Waals surface area contributed by atoms with Crippen LogP contribution in [0.25, 0.3) is 5.69 Å². The van der Waals surface area contributed by atoms with Gasteiger partial charge in [0.2, 0.25) is 5.91 Å². The number of carbonyl (C=O) groups is 2. The molecule has 31 heavy (non-hydrogen) atoms. The number of hydrogen-bond donors (Lipinski definition) is 1. The van der Waals surface area contributed by atoms with Crippen LogP contribution < -0.4 is 10.5 Å². The summed E-state index contributed by atoms with van der Waals surface area (Å²) in [5, 5.41) is 4.31. The third kappa shape index (κ3) is 4.30. The lowest BCUT2D eigenvalue weighted by Gasteiger charge is -2.16. The molecule has 7 heteroatoms. The molecule has 0 unspecified atom stereocenters. The number of nitrogens with zero attached hydrogens (tertiary/aromatic N) is 3. The van der Waals surface area contributed by atoms with E-state index in [1.54, 1.807) is 16.7 Å². The Kier molecular flexibility index (Phi) is 5.75. The van der Waals surface area contributed by atoms with Crippen molar-refractivity contribution in [3.8, 4) is 11.4 Å². The quantitative estimate of drug-likeness (QED) is 0.622. The summed E-state index contributed by atoms with van der Waals surface area (Å²) in [6.07, 6.45) is 2.46. The molecule has 1 aliphatic heterocycles. The highest BCUT2D eigenvalue weighted by molar-refractivity contribution is 6.02. The zero-order chi connectivity index (χ0) is 22.0. The number of Topliss-reactive ketones (excluding diaryl/α,β-unsaturated/α-hetero) is 1. The lowest BCUT2D eigenvalue weighted by Crippen LogP contribution is -2.31. The number of aryl methyl sites for hydroxylation is 1. The predicted molar refractivity (Wildman–Crippen MR) is 118 cm³/mol. The van der Waals surface area contributed by atoms with E-state index in [9.17, 15) is 9.59 Å². The van der Waals surface area contributed by atoms with Gasteiger partial charge in [-0.3, -0.25) is 9.59 Å². The summed E-state index contributed by atoms with van der Waals surface area (Å²) in [5.41, 5.74) is 9.53. The maximum atomic E-state index is 13.1. The van der Waals surface area contributed by atoms with Crippen LogP contribution in [0, 0.1) is 12.8 Å². The Morgan fingerprint density at radius 1 is 1.13 bits per heavy atom. The minimum Gasteiger partial charge on any atom is -0.497 e. The van der Waals surface area contributed by atoms with Crippen molar-refractivity contribution >= 4 is 17.5 Å². The molecule has 1 fully saturated rings. The Balaban J connectivity index is 1.41. The molecular weight excluding hydrogens is 392 g/mol. The van der Waals surface area contributed by atoms with Gasteiger partial charge in [0.05, 0.1) is 31.0 Å². The minimum atomic E-state index is -0.266. The topological polar surface area (TPSA) is 90.5 Å². The standard InChI is InChI=1S/C24H26N4O3/c1-16-3-7-19(8-4-16)28-24(25)21(14-26-28)23(30)18-11-12-27(15-18)22(29)13-17-5-9-20(31-2)10-6-17/h3-10,14,18H,11-13,15,25H2,1-2H3/t18-/m1/s1. The predicted octanol–water partition coefficient (Wildman–Crippen LogP) is 3.05. The van der Waals surface area contributed by atoms with Crippen molar-refractivity contribution in [2.24, 2.45) is 5.92 Å². The summed E-state index contributed by atoms with van der Waals surface area (Å²) in [5.74, 6) is 0.779. The van der Waals surface area contributed by atoms with E-state index in [-0.39, 0.29) is 17.6 Å². The van der Waals surface area contributed by atoms with Crippen molar-refractivity contribution in [3.63, 3.8) is 0 Å². The van der Waals surface area contributed by atoms with Gasteiger partial charge in [0.1, 0.15) is 11.6 Å². The van der Waals surface area contributed by atoms with Crippen LogP contribution >= 0.6 is 0 Å². The molecule has 2 heterocycles. The number of likely N-dealkylation sites (tertiary alicyclic amines) is 1. The summed E-state index contributed by atoms with van der Waals surface area (Å²) in [6, 6.07) is 15.2. The maximum Gasteiger partial charge on any atom is 0.227 e.